The third-order valence-corrected chi connectivity index (χ3v) is 4.87. The van der Waals surface area contributed by atoms with Crippen LogP contribution >= 0.6 is 0 Å². The number of alkyl halides is 3. The number of halogens is 3. The second-order valence-corrected chi connectivity index (χ2v) is 6.71. The molecule has 0 radical (unpaired) electrons. The van der Waals surface area contributed by atoms with E-state index in [0.29, 0.717) is 36.3 Å². The first-order chi connectivity index (χ1) is 13.4. The lowest BCUT2D eigenvalue weighted by Crippen LogP contribution is -2.37. The minimum absolute atomic E-state index is 0.0591. The van der Waals surface area contributed by atoms with Crippen LogP contribution < -0.4 is 0 Å². The molecule has 1 amide bonds. The molecule has 1 aliphatic rings. The summed E-state index contributed by atoms with van der Waals surface area (Å²) in [6.07, 6.45) is -0.179. The fourth-order valence-electron chi connectivity index (χ4n) is 3.36. The number of amides is 1. The molecule has 1 aliphatic heterocycles. The largest absolute Gasteiger partial charge is 0.416 e. The lowest BCUT2D eigenvalue weighted by atomic mass is 9.98. The zero-order valence-electron chi connectivity index (χ0n) is 14.8. The quantitative estimate of drug-likeness (QED) is 0.745. The van der Waals surface area contributed by atoms with E-state index in [1.807, 2.05) is 12.1 Å². The predicted octanol–water partition coefficient (Wildman–Crippen LogP) is 3.62. The molecule has 8 heteroatoms. The van der Waals surface area contributed by atoms with Gasteiger partial charge in [-0.25, -0.2) is 0 Å². The average Bonchev–Trinajstić information content (AvgIpc) is 3.09. The molecule has 1 N–H and O–H groups in total. The lowest BCUT2D eigenvalue weighted by molar-refractivity contribution is -0.137. The normalized spacial score (nSPS) is 14.2. The number of rotatable bonds is 4. The number of aromatic amines is 1. The van der Waals surface area contributed by atoms with Gasteiger partial charge in [-0.15, -0.1) is 0 Å². The summed E-state index contributed by atoms with van der Waals surface area (Å²) in [4.78, 5) is 18.3. The Bertz CT molecular complexity index is 998. The molecule has 5 nitrogen and oxygen atoms in total. The van der Waals surface area contributed by atoms with Crippen molar-refractivity contribution in [3.05, 3.63) is 71.2 Å². The van der Waals surface area contributed by atoms with Crippen LogP contribution in [0, 0.1) is 0 Å². The Hall–Kier alpha value is -3.16. The van der Waals surface area contributed by atoms with Crippen LogP contribution in [0.1, 0.15) is 22.4 Å². The maximum atomic E-state index is 13.0. The Morgan fingerprint density at radius 1 is 1.14 bits per heavy atom. The Kier molecular flexibility index (Phi) is 4.62. The lowest BCUT2D eigenvalue weighted by Gasteiger charge is -2.27. The van der Waals surface area contributed by atoms with Gasteiger partial charge in [0.2, 0.25) is 5.91 Å². The number of hydrogen-bond acceptors (Lipinski definition) is 3. The van der Waals surface area contributed by atoms with Crippen molar-refractivity contribution in [2.45, 2.75) is 25.6 Å². The first kappa shape index (κ1) is 18.2. The summed E-state index contributed by atoms with van der Waals surface area (Å²) in [6.45, 7) is 0.922. The number of benzene rings is 1. The highest BCUT2D eigenvalue weighted by Crippen LogP contribution is 2.34. The minimum Gasteiger partial charge on any atom is -0.336 e. The molecule has 0 saturated heterocycles. The summed E-state index contributed by atoms with van der Waals surface area (Å²) < 4.78 is 39.0. The van der Waals surface area contributed by atoms with Crippen LogP contribution in [0.3, 0.4) is 0 Å². The molecule has 0 atom stereocenters. The number of fused-ring (bicyclic) bond motifs is 1. The maximum Gasteiger partial charge on any atom is 0.416 e. The molecule has 3 aromatic rings. The van der Waals surface area contributed by atoms with E-state index in [4.69, 9.17) is 0 Å². The molecular formula is C20H17F3N4O. The van der Waals surface area contributed by atoms with Gasteiger partial charge in [0, 0.05) is 30.1 Å². The van der Waals surface area contributed by atoms with E-state index < -0.39 is 11.7 Å². The zero-order valence-corrected chi connectivity index (χ0v) is 14.8. The van der Waals surface area contributed by atoms with Crippen LogP contribution in [0.4, 0.5) is 13.2 Å². The van der Waals surface area contributed by atoms with Gasteiger partial charge in [0.25, 0.3) is 0 Å². The smallest absolute Gasteiger partial charge is 0.336 e. The van der Waals surface area contributed by atoms with Crippen LogP contribution in [-0.2, 0) is 30.4 Å². The second kappa shape index (κ2) is 7.10. The molecule has 28 heavy (non-hydrogen) atoms. The highest BCUT2D eigenvalue weighted by atomic mass is 19.4. The summed E-state index contributed by atoms with van der Waals surface area (Å²) in [5, 5.41) is 7.10. The van der Waals surface area contributed by atoms with Crippen LogP contribution in [-0.4, -0.2) is 32.5 Å². The summed E-state index contributed by atoms with van der Waals surface area (Å²) in [7, 11) is 0. The number of carbonyl (C=O) groups is 1. The fourth-order valence-corrected chi connectivity index (χ4v) is 3.36. The van der Waals surface area contributed by atoms with Crippen molar-refractivity contribution < 1.29 is 18.0 Å². The molecule has 2 aromatic heterocycles. The summed E-state index contributed by atoms with van der Waals surface area (Å²) >= 11 is 0. The van der Waals surface area contributed by atoms with E-state index in [-0.39, 0.29) is 12.3 Å². The highest BCUT2D eigenvalue weighted by Gasteiger charge is 2.32. The second-order valence-electron chi connectivity index (χ2n) is 6.71. The van der Waals surface area contributed by atoms with Crippen LogP contribution in [0.25, 0.3) is 11.3 Å². The SMILES string of the molecule is O=C1Cc2c(-c3cccc(C(F)(F)F)c3)n[nH]c2CN1CCc1ccncc1. The summed E-state index contributed by atoms with van der Waals surface area (Å²) in [6, 6.07) is 8.83. The molecule has 0 saturated carbocycles. The van der Waals surface area contributed by atoms with E-state index in [9.17, 15) is 18.0 Å². The zero-order chi connectivity index (χ0) is 19.7. The van der Waals surface area contributed by atoms with Crippen molar-refractivity contribution >= 4 is 5.91 Å². The molecule has 0 aliphatic carbocycles. The molecular weight excluding hydrogens is 369 g/mol. The first-order valence-corrected chi connectivity index (χ1v) is 8.82. The van der Waals surface area contributed by atoms with Crippen LogP contribution in [0.2, 0.25) is 0 Å². The van der Waals surface area contributed by atoms with E-state index >= 15 is 0 Å². The van der Waals surface area contributed by atoms with Gasteiger partial charge in [0.15, 0.2) is 0 Å². The maximum absolute atomic E-state index is 13.0. The molecule has 0 bridgehead atoms. The van der Waals surface area contributed by atoms with Gasteiger partial charge in [-0.1, -0.05) is 12.1 Å². The van der Waals surface area contributed by atoms with Crippen molar-refractivity contribution in [1.29, 1.82) is 0 Å². The monoisotopic (exact) mass is 386 g/mol. The number of aromatic nitrogens is 3. The Morgan fingerprint density at radius 3 is 2.68 bits per heavy atom. The predicted molar refractivity (Wildman–Crippen MR) is 96.1 cm³/mol. The topological polar surface area (TPSA) is 61.9 Å². The van der Waals surface area contributed by atoms with E-state index in [0.717, 1.165) is 23.4 Å². The van der Waals surface area contributed by atoms with E-state index in [1.54, 1.807) is 23.4 Å². The molecule has 3 heterocycles. The van der Waals surface area contributed by atoms with E-state index in [2.05, 4.69) is 15.2 Å². The van der Waals surface area contributed by atoms with Gasteiger partial charge in [0.1, 0.15) is 0 Å². The number of carbonyl (C=O) groups excluding carboxylic acids is 1. The third-order valence-electron chi connectivity index (χ3n) is 4.87. The van der Waals surface area contributed by atoms with Crippen molar-refractivity contribution in [3.63, 3.8) is 0 Å². The van der Waals surface area contributed by atoms with Gasteiger partial charge in [-0.3, -0.25) is 14.9 Å². The summed E-state index contributed by atoms with van der Waals surface area (Å²) in [5.41, 5.74) is 2.55. The Labute approximate surface area is 159 Å². The standard InChI is InChI=1S/C20H17F3N4O/c21-20(22,23)15-3-1-2-14(10-15)19-16-11-18(28)27(12-17(16)25-26-19)9-6-13-4-7-24-8-5-13/h1-5,7-8,10H,6,9,11-12H2,(H,25,26). The van der Waals surface area contributed by atoms with E-state index in [1.165, 1.54) is 6.07 Å². The van der Waals surface area contributed by atoms with Crippen molar-refractivity contribution in [3.8, 4) is 11.3 Å². The number of nitrogens with one attached hydrogen (secondary N) is 1. The number of H-pyrrole nitrogens is 1. The third kappa shape index (κ3) is 3.62. The molecule has 0 unspecified atom stereocenters. The van der Waals surface area contributed by atoms with Crippen LogP contribution in [0.5, 0.6) is 0 Å². The number of hydrogen-bond donors (Lipinski definition) is 1. The molecule has 0 spiro atoms. The van der Waals surface area contributed by atoms with Gasteiger partial charge in [-0.2, -0.15) is 18.3 Å². The fraction of sp³-hybridized carbons (Fsp3) is 0.250. The minimum atomic E-state index is -4.42. The average molecular weight is 386 g/mol. The first-order valence-electron chi connectivity index (χ1n) is 8.82. The van der Waals surface area contributed by atoms with Gasteiger partial charge in [0.05, 0.1) is 29.9 Å². The number of nitrogens with zero attached hydrogens (tertiary/aromatic N) is 3. The Balaban J connectivity index is 1.54. The summed E-state index contributed by atoms with van der Waals surface area (Å²) in [5.74, 6) is -0.0591. The van der Waals surface area contributed by atoms with Crippen LogP contribution in [0.15, 0.2) is 48.8 Å². The van der Waals surface area contributed by atoms with Gasteiger partial charge in [-0.05, 0) is 36.2 Å². The van der Waals surface area contributed by atoms with Crippen molar-refractivity contribution in [1.82, 2.24) is 20.1 Å². The van der Waals surface area contributed by atoms with Gasteiger partial charge < -0.3 is 4.90 Å². The van der Waals surface area contributed by atoms with Crippen molar-refractivity contribution in [2.24, 2.45) is 0 Å². The number of pyridine rings is 1. The van der Waals surface area contributed by atoms with Gasteiger partial charge >= 0.3 is 6.18 Å². The highest BCUT2D eigenvalue weighted by molar-refractivity contribution is 5.83. The molecule has 4 rings (SSSR count). The molecule has 144 valence electrons. The molecule has 0 fully saturated rings. The Morgan fingerprint density at radius 2 is 1.93 bits per heavy atom. The molecule has 1 aromatic carbocycles. The van der Waals surface area contributed by atoms with Crippen molar-refractivity contribution in [2.75, 3.05) is 6.54 Å².